The second kappa shape index (κ2) is 3.74. The predicted molar refractivity (Wildman–Crippen MR) is 70.2 cm³/mol. The van der Waals surface area contributed by atoms with Crippen LogP contribution in [0.2, 0.25) is 0 Å². The Hall–Kier alpha value is -1.06. The fraction of sp³-hybridized carbons (Fsp3) is 0.867. The van der Waals surface area contributed by atoms with Gasteiger partial charge in [0.2, 0.25) is 11.8 Å². The van der Waals surface area contributed by atoms with E-state index in [-0.39, 0.29) is 11.8 Å². The number of hydrogen-bond acceptors (Lipinski definition) is 2. The van der Waals surface area contributed by atoms with Crippen molar-refractivity contribution in [2.75, 3.05) is 6.54 Å². The van der Waals surface area contributed by atoms with Gasteiger partial charge in [-0.3, -0.25) is 9.59 Å². The van der Waals surface area contributed by atoms with Crippen LogP contribution in [0.4, 0.5) is 0 Å². The summed E-state index contributed by atoms with van der Waals surface area (Å²) in [6.45, 7) is 2.23. The highest BCUT2D eigenvalue weighted by Crippen LogP contribution is 2.49. The van der Waals surface area contributed by atoms with Crippen LogP contribution in [0.25, 0.3) is 0 Å². The number of rotatable bonds is 4. The Bertz CT molecular complexity index is 425. The van der Waals surface area contributed by atoms with E-state index in [2.05, 4.69) is 5.32 Å². The van der Waals surface area contributed by atoms with Crippen LogP contribution >= 0.6 is 0 Å². The van der Waals surface area contributed by atoms with Gasteiger partial charge in [0.15, 0.2) is 0 Å². The van der Waals surface area contributed by atoms with Crippen LogP contribution in [-0.2, 0) is 9.59 Å². The van der Waals surface area contributed by atoms with Crippen molar-refractivity contribution in [1.29, 1.82) is 0 Å². The van der Waals surface area contributed by atoms with Crippen molar-refractivity contribution in [3.63, 3.8) is 0 Å². The minimum Gasteiger partial charge on any atom is -0.340 e. The molecule has 3 aliphatic carbocycles. The number of nitrogens with one attached hydrogen (secondary N) is 1. The molecule has 4 aliphatic rings. The van der Waals surface area contributed by atoms with Gasteiger partial charge in [-0.1, -0.05) is 0 Å². The zero-order valence-electron chi connectivity index (χ0n) is 11.5. The zero-order valence-corrected chi connectivity index (χ0v) is 11.5. The second-order valence-corrected chi connectivity index (χ2v) is 7.12. The molecule has 3 saturated carbocycles. The highest BCUT2D eigenvalue weighted by Gasteiger charge is 2.56. The minimum atomic E-state index is -0.614. The smallest absolute Gasteiger partial charge is 0.249 e. The molecule has 4 rings (SSSR count). The third-order valence-corrected chi connectivity index (χ3v) is 5.38. The average Bonchev–Trinajstić information content (AvgIpc) is 3.23. The summed E-state index contributed by atoms with van der Waals surface area (Å²) in [5, 5.41) is 2.98. The van der Waals surface area contributed by atoms with Crippen molar-refractivity contribution < 1.29 is 9.59 Å². The summed E-state index contributed by atoms with van der Waals surface area (Å²) in [5.74, 6) is 1.95. The van der Waals surface area contributed by atoms with E-state index in [0.717, 1.165) is 12.8 Å². The predicted octanol–water partition coefficient (Wildman–Crippen LogP) is 1.30. The van der Waals surface area contributed by atoms with Crippen molar-refractivity contribution in [1.82, 2.24) is 10.2 Å². The molecular weight excluding hydrogens is 240 g/mol. The van der Waals surface area contributed by atoms with Gasteiger partial charge in [-0.25, -0.2) is 0 Å². The molecule has 0 radical (unpaired) electrons. The first kappa shape index (κ1) is 11.7. The van der Waals surface area contributed by atoms with Gasteiger partial charge in [-0.15, -0.1) is 0 Å². The van der Waals surface area contributed by atoms with E-state index in [9.17, 15) is 9.59 Å². The molecule has 0 aromatic rings. The van der Waals surface area contributed by atoms with Gasteiger partial charge in [0, 0.05) is 6.04 Å². The molecular formula is C15H22N2O2. The number of carbonyl (C=O) groups excluding carboxylic acids is 2. The number of nitrogens with zero attached hydrogens (tertiary/aromatic N) is 1. The van der Waals surface area contributed by atoms with Crippen molar-refractivity contribution in [2.45, 2.75) is 57.0 Å². The van der Waals surface area contributed by atoms with Crippen LogP contribution in [0.1, 0.15) is 45.4 Å². The highest BCUT2D eigenvalue weighted by molar-refractivity contribution is 5.98. The highest BCUT2D eigenvalue weighted by atomic mass is 16.2. The Labute approximate surface area is 113 Å². The Morgan fingerprint density at radius 3 is 2.16 bits per heavy atom. The molecule has 19 heavy (non-hydrogen) atoms. The number of hydrogen-bond donors (Lipinski definition) is 1. The van der Waals surface area contributed by atoms with Crippen LogP contribution in [0.15, 0.2) is 0 Å². The standard InChI is InChI=1S/C15H22N2O2/c1-15(11-6-7-11)14(19)17(8-12(18)16-15)13(9-2-3-9)10-4-5-10/h9-11,13H,2-8H2,1H3,(H,16,18). The first-order valence-electron chi connectivity index (χ1n) is 7.71. The Kier molecular flexibility index (Phi) is 2.31. The maximum atomic E-state index is 12.9. The maximum absolute atomic E-state index is 12.9. The fourth-order valence-electron chi connectivity index (χ4n) is 3.85. The second-order valence-electron chi connectivity index (χ2n) is 7.12. The van der Waals surface area contributed by atoms with E-state index in [1.807, 2.05) is 11.8 Å². The Morgan fingerprint density at radius 1 is 1.11 bits per heavy atom. The SMILES string of the molecule is CC1(C2CC2)NC(=O)CN(C(C2CC2)C2CC2)C1=O. The Morgan fingerprint density at radius 2 is 1.68 bits per heavy atom. The molecule has 4 fully saturated rings. The van der Waals surface area contributed by atoms with E-state index >= 15 is 0 Å². The van der Waals surface area contributed by atoms with Gasteiger partial charge in [0.1, 0.15) is 5.54 Å². The number of piperazine rings is 1. The Balaban J connectivity index is 1.62. The van der Waals surface area contributed by atoms with Crippen LogP contribution in [0, 0.1) is 17.8 Å². The summed E-state index contributed by atoms with van der Waals surface area (Å²) in [6, 6.07) is 0.358. The van der Waals surface area contributed by atoms with E-state index < -0.39 is 5.54 Å². The minimum absolute atomic E-state index is 0.0419. The lowest BCUT2D eigenvalue weighted by molar-refractivity contribution is -0.153. The quantitative estimate of drug-likeness (QED) is 0.830. The van der Waals surface area contributed by atoms with E-state index in [4.69, 9.17) is 0 Å². The largest absolute Gasteiger partial charge is 0.340 e. The summed E-state index contributed by atoms with van der Waals surface area (Å²) in [5.41, 5.74) is -0.614. The summed E-state index contributed by atoms with van der Waals surface area (Å²) < 4.78 is 0. The molecule has 4 heteroatoms. The first-order chi connectivity index (χ1) is 9.09. The van der Waals surface area contributed by atoms with Gasteiger partial charge < -0.3 is 10.2 Å². The van der Waals surface area contributed by atoms with Crippen molar-refractivity contribution in [2.24, 2.45) is 17.8 Å². The van der Waals surface area contributed by atoms with Gasteiger partial charge in [-0.2, -0.15) is 0 Å². The average molecular weight is 262 g/mol. The number of carbonyl (C=O) groups is 2. The summed E-state index contributed by atoms with van der Waals surface area (Å²) >= 11 is 0. The molecule has 0 aromatic heterocycles. The molecule has 1 saturated heterocycles. The molecule has 2 amide bonds. The van der Waals surface area contributed by atoms with Crippen molar-refractivity contribution in [3.05, 3.63) is 0 Å². The van der Waals surface area contributed by atoms with Gasteiger partial charge >= 0.3 is 0 Å². The van der Waals surface area contributed by atoms with Crippen molar-refractivity contribution >= 4 is 11.8 Å². The third kappa shape index (κ3) is 1.87. The molecule has 1 N–H and O–H groups in total. The molecule has 0 bridgehead atoms. The summed E-state index contributed by atoms with van der Waals surface area (Å²) in [7, 11) is 0. The molecule has 0 aromatic carbocycles. The maximum Gasteiger partial charge on any atom is 0.249 e. The van der Waals surface area contributed by atoms with Crippen molar-refractivity contribution in [3.8, 4) is 0 Å². The fourth-order valence-corrected chi connectivity index (χ4v) is 3.85. The zero-order chi connectivity index (χ0) is 13.2. The molecule has 1 aliphatic heterocycles. The van der Waals surface area contributed by atoms with Gasteiger partial charge in [0.05, 0.1) is 6.54 Å². The molecule has 1 atom stereocenters. The van der Waals surface area contributed by atoms with Crippen LogP contribution in [0.5, 0.6) is 0 Å². The lowest BCUT2D eigenvalue weighted by atomic mass is 9.89. The first-order valence-corrected chi connectivity index (χ1v) is 7.71. The summed E-state index contributed by atoms with van der Waals surface area (Å²) in [6.07, 6.45) is 7.13. The molecule has 0 spiro atoms. The monoisotopic (exact) mass is 262 g/mol. The van der Waals surface area contributed by atoms with E-state index in [1.165, 1.54) is 25.7 Å². The van der Waals surface area contributed by atoms with Crippen LogP contribution in [0.3, 0.4) is 0 Å². The molecule has 4 nitrogen and oxygen atoms in total. The lowest BCUT2D eigenvalue weighted by Crippen LogP contribution is -2.68. The van der Waals surface area contributed by atoms with Gasteiger partial charge in [-0.05, 0) is 63.2 Å². The normalized spacial score (nSPS) is 35.8. The lowest BCUT2D eigenvalue weighted by Gasteiger charge is -2.44. The molecule has 104 valence electrons. The summed E-state index contributed by atoms with van der Waals surface area (Å²) in [4.78, 5) is 26.9. The molecule has 1 unspecified atom stereocenters. The van der Waals surface area contributed by atoms with Gasteiger partial charge in [0.25, 0.3) is 0 Å². The van der Waals surface area contributed by atoms with E-state index in [1.54, 1.807) is 0 Å². The van der Waals surface area contributed by atoms with Crippen LogP contribution < -0.4 is 5.32 Å². The third-order valence-electron chi connectivity index (χ3n) is 5.38. The molecule has 1 heterocycles. The topological polar surface area (TPSA) is 49.4 Å². The van der Waals surface area contributed by atoms with Crippen LogP contribution in [-0.4, -0.2) is 34.8 Å². The van der Waals surface area contributed by atoms with E-state index in [0.29, 0.717) is 30.3 Å². The number of amides is 2.